The first kappa shape index (κ1) is 53.0. The van der Waals surface area contributed by atoms with Crippen molar-refractivity contribution in [1.82, 2.24) is 5.32 Å². The Bertz CT molecular complexity index is 823. The smallest absolute Gasteiger partial charge is 0.329 e. The van der Waals surface area contributed by atoms with Gasteiger partial charge in [-0.15, -0.1) is 0 Å². The van der Waals surface area contributed by atoms with Crippen LogP contribution in [0.2, 0.25) is 0 Å². The molecule has 1 amide bonds. The van der Waals surface area contributed by atoms with E-state index in [4.69, 9.17) is 47.7 Å². The maximum Gasteiger partial charge on any atom is 0.329 e. The van der Waals surface area contributed by atoms with E-state index in [9.17, 15) is 14.4 Å². The predicted octanol–water partition coefficient (Wildman–Crippen LogP) is 5.14. The summed E-state index contributed by atoms with van der Waals surface area (Å²) >= 11 is 0. The lowest BCUT2D eigenvalue weighted by atomic mass is 10.0. The molecule has 0 atom stereocenters. The number of carboxylic acids is 1. The maximum absolute atomic E-state index is 11.9. The van der Waals surface area contributed by atoms with Gasteiger partial charge in [0.1, 0.15) is 19.8 Å². The predicted molar refractivity (Wildman–Crippen MR) is 209 cm³/mol. The van der Waals surface area contributed by atoms with E-state index in [1.165, 1.54) is 83.5 Å². The third-order valence-corrected chi connectivity index (χ3v) is 8.11. The summed E-state index contributed by atoms with van der Waals surface area (Å²) in [6.45, 7) is 9.01. The van der Waals surface area contributed by atoms with Crippen molar-refractivity contribution in [3.8, 4) is 0 Å². The van der Waals surface area contributed by atoms with Crippen molar-refractivity contribution in [3.63, 3.8) is 0 Å². The van der Waals surface area contributed by atoms with Crippen LogP contribution in [0.3, 0.4) is 0 Å². The molecule has 55 heavy (non-hydrogen) atoms. The average molecular weight is 796 g/mol. The standard InChI is InChI=1S/C40H77NO14/c1-2-3-4-5-6-7-8-9-10-11-12-13-14-15-16-17-40(45)55-35-34-53-33-32-52-31-30-51-29-28-50-27-26-49-25-24-48-23-22-47-21-20-46-19-18-41-38(42)36-54-37-39(43)44/h2-37H2,1H3,(H,41,42)(H,43,44). The lowest BCUT2D eigenvalue weighted by Crippen LogP contribution is -2.31. The molecule has 0 aromatic heterocycles. The Labute approximate surface area is 331 Å². The number of rotatable bonds is 47. The lowest BCUT2D eigenvalue weighted by Gasteiger charge is -2.09. The fourth-order valence-electron chi connectivity index (χ4n) is 5.11. The molecule has 0 rings (SSSR count). The second-order valence-corrected chi connectivity index (χ2v) is 13.1. The molecular weight excluding hydrogens is 718 g/mol. The first-order valence-electron chi connectivity index (χ1n) is 20.9. The topological polar surface area (TPSA) is 176 Å². The largest absolute Gasteiger partial charge is 0.480 e. The van der Waals surface area contributed by atoms with Crippen molar-refractivity contribution < 1.29 is 66.9 Å². The molecule has 15 heteroatoms. The normalized spacial score (nSPS) is 11.3. The molecule has 0 saturated carbocycles. The molecular formula is C40H77NO14. The van der Waals surface area contributed by atoms with E-state index in [1.807, 2.05) is 0 Å². The summed E-state index contributed by atoms with van der Waals surface area (Å²) < 4.78 is 53.5. The zero-order valence-electron chi connectivity index (χ0n) is 34.2. The minimum Gasteiger partial charge on any atom is -0.480 e. The van der Waals surface area contributed by atoms with E-state index in [-0.39, 0.29) is 19.2 Å². The molecule has 326 valence electrons. The summed E-state index contributed by atoms with van der Waals surface area (Å²) in [7, 11) is 0. The molecule has 0 aliphatic heterocycles. The molecule has 0 aromatic rings. The number of hydrogen-bond donors (Lipinski definition) is 2. The molecule has 0 aliphatic carbocycles. The number of carboxylic acid groups (broad SMARTS) is 1. The summed E-state index contributed by atoms with van der Waals surface area (Å²) in [6, 6.07) is 0. The van der Waals surface area contributed by atoms with Crippen LogP contribution in [0.5, 0.6) is 0 Å². The van der Waals surface area contributed by atoms with Crippen LogP contribution in [0.25, 0.3) is 0 Å². The molecule has 0 radical (unpaired) electrons. The highest BCUT2D eigenvalue weighted by atomic mass is 16.6. The second-order valence-electron chi connectivity index (χ2n) is 13.1. The number of carbonyl (C=O) groups excluding carboxylic acids is 2. The minimum absolute atomic E-state index is 0.141. The molecule has 2 N–H and O–H groups in total. The Kier molecular flexibility index (Phi) is 44.8. The molecule has 0 bridgehead atoms. The van der Waals surface area contributed by atoms with Gasteiger partial charge in [0.25, 0.3) is 0 Å². The van der Waals surface area contributed by atoms with Gasteiger partial charge in [0.05, 0.1) is 106 Å². The summed E-state index contributed by atoms with van der Waals surface area (Å²) in [6.07, 6.45) is 20.1. The monoisotopic (exact) mass is 796 g/mol. The Hall–Kier alpha value is -1.95. The third kappa shape index (κ3) is 48.1. The highest BCUT2D eigenvalue weighted by Gasteiger charge is 2.04. The summed E-state index contributed by atoms with van der Waals surface area (Å²) in [5.41, 5.74) is 0. The van der Waals surface area contributed by atoms with Gasteiger partial charge in [0.2, 0.25) is 5.91 Å². The van der Waals surface area contributed by atoms with Gasteiger partial charge in [-0.3, -0.25) is 9.59 Å². The Morgan fingerprint density at radius 2 is 0.727 bits per heavy atom. The lowest BCUT2D eigenvalue weighted by molar-refractivity contribution is -0.146. The first-order valence-corrected chi connectivity index (χ1v) is 20.9. The highest BCUT2D eigenvalue weighted by Crippen LogP contribution is 2.13. The number of nitrogens with one attached hydrogen (secondary N) is 1. The van der Waals surface area contributed by atoms with Gasteiger partial charge in [-0.1, -0.05) is 96.8 Å². The van der Waals surface area contributed by atoms with Gasteiger partial charge >= 0.3 is 11.9 Å². The van der Waals surface area contributed by atoms with Crippen molar-refractivity contribution in [2.24, 2.45) is 0 Å². The highest BCUT2D eigenvalue weighted by molar-refractivity contribution is 5.77. The summed E-state index contributed by atoms with van der Waals surface area (Å²) in [5.74, 6) is -1.66. The molecule has 0 aromatic carbocycles. The van der Waals surface area contributed by atoms with Crippen LogP contribution < -0.4 is 5.32 Å². The molecule has 15 nitrogen and oxygen atoms in total. The molecule has 0 fully saturated rings. The fourth-order valence-corrected chi connectivity index (χ4v) is 5.11. The van der Waals surface area contributed by atoms with Crippen LogP contribution >= 0.6 is 0 Å². The zero-order valence-corrected chi connectivity index (χ0v) is 34.2. The quantitative estimate of drug-likeness (QED) is 0.0612. The van der Waals surface area contributed by atoms with Gasteiger partial charge in [0, 0.05) is 13.0 Å². The number of aliphatic carboxylic acids is 1. The van der Waals surface area contributed by atoms with Gasteiger partial charge in [0.15, 0.2) is 0 Å². The second kappa shape index (κ2) is 46.4. The van der Waals surface area contributed by atoms with Gasteiger partial charge in [-0.05, 0) is 6.42 Å². The summed E-state index contributed by atoms with van der Waals surface area (Å²) in [4.78, 5) is 33.6. The van der Waals surface area contributed by atoms with E-state index in [1.54, 1.807) is 0 Å². The van der Waals surface area contributed by atoms with E-state index in [2.05, 4.69) is 17.0 Å². The molecule has 0 saturated heterocycles. The number of amides is 1. The zero-order chi connectivity index (χ0) is 40.0. The van der Waals surface area contributed by atoms with Crippen LogP contribution in [0, 0.1) is 0 Å². The van der Waals surface area contributed by atoms with Crippen molar-refractivity contribution in [2.45, 2.75) is 110 Å². The molecule has 0 unspecified atom stereocenters. The number of unbranched alkanes of at least 4 members (excludes halogenated alkanes) is 14. The number of esters is 1. The van der Waals surface area contributed by atoms with Gasteiger partial charge in [-0.2, -0.15) is 0 Å². The maximum atomic E-state index is 11.9. The van der Waals surface area contributed by atoms with Gasteiger partial charge < -0.3 is 57.8 Å². The number of hydrogen-bond acceptors (Lipinski definition) is 13. The van der Waals surface area contributed by atoms with Crippen LogP contribution in [0.15, 0.2) is 0 Å². The van der Waals surface area contributed by atoms with Crippen LogP contribution in [0.1, 0.15) is 110 Å². The Balaban J connectivity index is 3.16. The number of ether oxygens (including phenoxy) is 10. The fraction of sp³-hybridized carbons (Fsp3) is 0.925. The van der Waals surface area contributed by atoms with Crippen LogP contribution in [0.4, 0.5) is 0 Å². The SMILES string of the molecule is CCCCCCCCCCCCCCCCCC(=O)OCCOCCOCCOCCOCCOCCOCCOCCOCCNC(=O)COCC(=O)O. The van der Waals surface area contributed by atoms with E-state index >= 15 is 0 Å². The van der Waals surface area contributed by atoms with Crippen LogP contribution in [-0.4, -0.2) is 155 Å². The van der Waals surface area contributed by atoms with Crippen molar-refractivity contribution >= 4 is 17.8 Å². The van der Waals surface area contributed by atoms with E-state index < -0.39 is 18.5 Å². The molecule has 0 spiro atoms. The average Bonchev–Trinajstić information content (AvgIpc) is 3.17. The van der Waals surface area contributed by atoms with E-state index in [0.717, 1.165) is 12.8 Å². The van der Waals surface area contributed by atoms with Crippen LogP contribution in [-0.2, 0) is 61.8 Å². The van der Waals surface area contributed by atoms with Gasteiger partial charge in [-0.25, -0.2) is 4.79 Å². The Morgan fingerprint density at radius 1 is 0.400 bits per heavy atom. The summed E-state index contributed by atoms with van der Waals surface area (Å²) in [5, 5.41) is 11.0. The minimum atomic E-state index is -1.12. The third-order valence-electron chi connectivity index (χ3n) is 8.11. The molecule has 0 heterocycles. The Morgan fingerprint density at radius 3 is 1.09 bits per heavy atom. The molecule has 0 aliphatic rings. The van der Waals surface area contributed by atoms with Crippen molar-refractivity contribution in [3.05, 3.63) is 0 Å². The first-order chi connectivity index (χ1) is 27.1. The van der Waals surface area contributed by atoms with Crippen molar-refractivity contribution in [1.29, 1.82) is 0 Å². The number of carbonyl (C=O) groups is 3. The van der Waals surface area contributed by atoms with E-state index in [0.29, 0.717) is 119 Å². The van der Waals surface area contributed by atoms with Crippen molar-refractivity contribution in [2.75, 3.05) is 132 Å².